The number of alkyl halides is 3. The Kier molecular flexibility index (Phi) is 5.32. The van der Waals surface area contributed by atoms with E-state index in [1.807, 2.05) is 0 Å². The number of piperazine rings is 1. The minimum Gasteiger partial charge on any atom is -0.339 e. The number of halogens is 4. The summed E-state index contributed by atoms with van der Waals surface area (Å²) >= 11 is 0. The molecule has 1 spiro atoms. The fraction of sp³-hybridized carbons (Fsp3) is 0.273. The van der Waals surface area contributed by atoms with Gasteiger partial charge in [-0.05, 0) is 35.9 Å². The van der Waals surface area contributed by atoms with Crippen LogP contribution in [-0.4, -0.2) is 53.2 Å². The van der Waals surface area contributed by atoms with Crippen LogP contribution in [0.5, 0.6) is 0 Å². The van der Waals surface area contributed by atoms with E-state index in [2.05, 4.69) is 0 Å². The molecular weight excluding hydrogens is 444 g/mol. The van der Waals surface area contributed by atoms with Crippen LogP contribution in [0.2, 0.25) is 0 Å². The summed E-state index contributed by atoms with van der Waals surface area (Å²) in [7, 11) is 0. The third-order valence-corrected chi connectivity index (χ3v) is 5.82. The Bertz CT molecular complexity index is 1170. The van der Waals surface area contributed by atoms with Crippen LogP contribution in [0.3, 0.4) is 0 Å². The van der Waals surface area contributed by atoms with Crippen molar-refractivity contribution >= 4 is 23.9 Å². The van der Waals surface area contributed by atoms with Gasteiger partial charge in [-0.2, -0.15) is 18.4 Å². The molecule has 0 N–H and O–H groups in total. The van der Waals surface area contributed by atoms with Crippen LogP contribution in [-0.2, 0) is 27.1 Å². The molecule has 2 aromatic rings. The van der Waals surface area contributed by atoms with Gasteiger partial charge >= 0.3 is 6.18 Å². The molecule has 4 rings (SSSR count). The predicted molar refractivity (Wildman–Crippen MR) is 106 cm³/mol. The summed E-state index contributed by atoms with van der Waals surface area (Å²) in [6.45, 7) is -0.906. The van der Waals surface area contributed by atoms with Gasteiger partial charge in [-0.3, -0.25) is 19.3 Å². The van der Waals surface area contributed by atoms with Crippen molar-refractivity contribution in [2.75, 3.05) is 24.5 Å². The van der Waals surface area contributed by atoms with Crippen molar-refractivity contribution in [1.29, 1.82) is 5.26 Å². The molecular formula is C22H16F4N4O3. The largest absolute Gasteiger partial charge is 0.416 e. The second-order valence-corrected chi connectivity index (χ2v) is 7.89. The third-order valence-electron chi connectivity index (χ3n) is 5.82. The summed E-state index contributed by atoms with van der Waals surface area (Å²) in [5.41, 5.74) is -2.09. The number of amides is 3. The molecule has 2 fully saturated rings. The summed E-state index contributed by atoms with van der Waals surface area (Å²) in [4.78, 5) is 41.2. The molecule has 0 bridgehead atoms. The van der Waals surface area contributed by atoms with Gasteiger partial charge in [-0.15, -0.1) is 0 Å². The molecule has 33 heavy (non-hydrogen) atoms. The van der Waals surface area contributed by atoms with Crippen molar-refractivity contribution < 1.29 is 31.9 Å². The van der Waals surface area contributed by atoms with E-state index in [0.29, 0.717) is 12.0 Å². The lowest BCUT2D eigenvalue weighted by molar-refractivity contribution is -0.166. The number of likely N-dealkylation sites (tertiary alicyclic amines) is 1. The topological polar surface area (TPSA) is 84.7 Å². The molecule has 3 amide bonds. The lowest BCUT2D eigenvalue weighted by Gasteiger charge is -2.57. The Morgan fingerprint density at radius 2 is 1.76 bits per heavy atom. The Labute approximate surface area is 185 Å². The van der Waals surface area contributed by atoms with Crippen LogP contribution < -0.4 is 4.90 Å². The zero-order valence-electron chi connectivity index (χ0n) is 17.0. The van der Waals surface area contributed by atoms with Crippen LogP contribution >= 0.6 is 0 Å². The second kappa shape index (κ2) is 7.88. The van der Waals surface area contributed by atoms with E-state index in [9.17, 15) is 31.9 Å². The van der Waals surface area contributed by atoms with Crippen molar-refractivity contribution in [3.05, 3.63) is 65.0 Å². The molecule has 2 saturated heterocycles. The molecule has 11 heteroatoms. The van der Waals surface area contributed by atoms with Crippen molar-refractivity contribution in [2.45, 2.75) is 18.3 Å². The van der Waals surface area contributed by atoms with Gasteiger partial charge in [0.1, 0.15) is 12.4 Å². The molecule has 170 valence electrons. The number of anilines is 1. The predicted octanol–water partition coefficient (Wildman–Crippen LogP) is 2.30. The highest BCUT2D eigenvalue weighted by Gasteiger charge is 2.59. The summed E-state index contributed by atoms with van der Waals surface area (Å²) in [6, 6.07) is 9.49. The number of rotatable bonds is 4. The maximum absolute atomic E-state index is 14.6. The van der Waals surface area contributed by atoms with Crippen molar-refractivity contribution in [2.24, 2.45) is 0 Å². The Balaban J connectivity index is 1.66. The molecule has 0 aromatic heterocycles. The van der Waals surface area contributed by atoms with Crippen LogP contribution in [0, 0.1) is 17.1 Å². The average Bonchev–Trinajstić information content (AvgIpc) is 2.75. The van der Waals surface area contributed by atoms with Crippen LogP contribution in [0.15, 0.2) is 42.5 Å². The molecule has 2 heterocycles. The van der Waals surface area contributed by atoms with Crippen LogP contribution in [0.25, 0.3) is 0 Å². The first-order valence-electron chi connectivity index (χ1n) is 9.76. The first kappa shape index (κ1) is 22.3. The van der Waals surface area contributed by atoms with Gasteiger partial charge in [0, 0.05) is 6.54 Å². The minimum atomic E-state index is -4.51. The molecule has 0 atom stereocenters. The number of nitriles is 1. The van der Waals surface area contributed by atoms with Gasteiger partial charge in [0.25, 0.3) is 5.91 Å². The van der Waals surface area contributed by atoms with Gasteiger partial charge in [-0.25, -0.2) is 4.39 Å². The molecule has 0 unspecified atom stereocenters. The van der Waals surface area contributed by atoms with Crippen LogP contribution in [0.1, 0.15) is 16.7 Å². The van der Waals surface area contributed by atoms with E-state index in [1.54, 1.807) is 6.07 Å². The highest BCUT2D eigenvalue weighted by Crippen LogP contribution is 2.37. The summed E-state index contributed by atoms with van der Waals surface area (Å²) in [5.74, 6) is -2.02. The van der Waals surface area contributed by atoms with E-state index < -0.39 is 41.5 Å². The zero-order valence-corrected chi connectivity index (χ0v) is 17.0. The number of carbonyl (C=O) groups excluding carboxylic acids is 3. The van der Waals surface area contributed by atoms with E-state index in [4.69, 9.17) is 5.26 Å². The normalized spacial score (nSPS) is 17.7. The van der Waals surface area contributed by atoms with Gasteiger partial charge in [0.15, 0.2) is 5.54 Å². The molecule has 7 nitrogen and oxygen atoms in total. The monoisotopic (exact) mass is 460 g/mol. The van der Waals surface area contributed by atoms with Gasteiger partial charge in [0.2, 0.25) is 12.3 Å². The quantitative estimate of drug-likeness (QED) is 0.518. The smallest absolute Gasteiger partial charge is 0.339 e. The molecule has 2 aliphatic rings. The highest BCUT2D eigenvalue weighted by atomic mass is 19.4. The van der Waals surface area contributed by atoms with Gasteiger partial charge in [0.05, 0.1) is 36.0 Å². The Hall–Kier alpha value is -3.94. The lowest BCUT2D eigenvalue weighted by Crippen LogP contribution is -2.80. The van der Waals surface area contributed by atoms with E-state index in [1.165, 1.54) is 34.1 Å². The third kappa shape index (κ3) is 3.77. The van der Waals surface area contributed by atoms with Crippen molar-refractivity contribution in [3.63, 3.8) is 0 Å². The Morgan fingerprint density at radius 3 is 2.30 bits per heavy atom. The summed E-state index contributed by atoms with van der Waals surface area (Å²) < 4.78 is 53.1. The fourth-order valence-electron chi connectivity index (χ4n) is 4.12. The molecule has 2 aromatic carbocycles. The number of nitrogens with zero attached hydrogens (tertiary/aromatic N) is 4. The number of carbonyl (C=O) groups is 3. The molecule has 0 radical (unpaired) electrons. The zero-order chi connectivity index (χ0) is 24.0. The summed E-state index contributed by atoms with van der Waals surface area (Å²) in [6.07, 6.45) is -4.00. The van der Waals surface area contributed by atoms with E-state index in [0.717, 1.165) is 23.1 Å². The van der Waals surface area contributed by atoms with Crippen molar-refractivity contribution in [3.8, 4) is 6.07 Å². The Morgan fingerprint density at radius 1 is 1.09 bits per heavy atom. The highest BCUT2D eigenvalue weighted by molar-refractivity contribution is 6.10. The summed E-state index contributed by atoms with van der Waals surface area (Å²) in [5, 5.41) is 8.92. The fourth-order valence-corrected chi connectivity index (χ4v) is 4.12. The maximum Gasteiger partial charge on any atom is 0.416 e. The van der Waals surface area contributed by atoms with E-state index in [-0.39, 0.29) is 30.9 Å². The number of benzene rings is 2. The average molecular weight is 460 g/mol. The van der Waals surface area contributed by atoms with Gasteiger partial charge < -0.3 is 9.80 Å². The molecule has 2 aliphatic heterocycles. The first-order chi connectivity index (χ1) is 15.6. The minimum absolute atomic E-state index is 0.0430. The molecule has 0 aliphatic carbocycles. The number of hydrogen-bond acceptors (Lipinski definition) is 4. The standard InChI is InChI=1S/C22H16F4N4O3/c23-17-7-15(8-27)3-6-18(17)29-10-19(32)30(21(20(29)33)11-28(12-21)13-31)9-14-1-4-16(5-2-14)22(24,25)26/h1-7,13H,9-12H2. The van der Waals surface area contributed by atoms with E-state index >= 15 is 0 Å². The van der Waals surface area contributed by atoms with Crippen molar-refractivity contribution in [1.82, 2.24) is 9.80 Å². The second-order valence-electron chi connectivity index (χ2n) is 7.89. The maximum atomic E-state index is 14.6. The van der Waals surface area contributed by atoms with Crippen LogP contribution in [0.4, 0.5) is 23.2 Å². The molecule has 0 saturated carbocycles. The lowest BCUT2D eigenvalue weighted by atomic mass is 9.83. The first-order valence-corrected chi connectivity index (χ1v) is 9.76. The van der Waals surface area contributed by atoms with Gasteiger partial charge in [-0.1, -0.05) is 12.1 Å². The number of hydrogen-bond donors (Lipinski definition) is 0. The SMILES string of the molecule is N#Cc1ccc(N2CC(=O)N(Cc3ccc(C(F)(F)F)cc3)C3(CN(C=O)C3)C2=O)c(F)c1.